The molecule has 2 atom stereocenters. The topological polar surface area (TPSA) is 33.5 Å². The molecule has 1 aromatic heterocycles. The van der Waals surface area contributed by atoms with Crippen molar-refractivity contribution < 1.29 is 9.21 Å². The molecule has 0 saturated carbocycles. The van der Waals surface area contributed by atoms with Crippen LogP contribution in [-0.2, 0) is 0 Å². The third kappa shape index (κ3) is 1.16. The lowest BCUT2D eigenvalue weighted by molar-refractivity contribution is 0.0664. The normalized spacial score (nSPS) is 24.3. The number of furan rings is 1. The molecule has 3 nitrogen and oxygen atoms in total. The number of hydrogen-bond acceptors (Lipinski definition) is 2. The van der Waals surface area contributed by atoms with Crippen LogP contribution in [0.5, 0.6) is 0 Å². The van der Waals surface area contributed by atoms with Crippen LogP contribution < -0.4 is 0 Å². The van der Waals surface area contributed by atoms with Crippen molar-refractivity contribution in [3.8, 4) is 0 Å². The minimum atomic E-state index is 0.0173. The highest BCUT2D eigenvalue weighted by Crippen LogP contribution is 2.53. The van der Waals surface area contributed by atoms with Gasteiger partial charge >= 0.3 is 0 Å². The average molecular weight is 239 g/mol. The van der Waals surface area contributed by atoms with Gasteiger partial charge in [-0.3, -0.25) is 4.79 Å². The zero-order valence-electron chi connectivity index (χ0n) is 9.87. The number of nitrogens with zero attached hydrogens (tertiary/aromatic N) is 1. The Hall–Kier alpha value is -2.03. The maximum absolute atomic E-state index is 12.5. The highest BCUT2D eigenvalue weighted by Gasteiger charge is 2.46. The summed E-state index contributed by atoms with van der Waals surface area (Å²) in [4.78, 5) is 14.5. The van der Waals surface area contributed by atoms with Crippen LogP contribution in [0.2, 0.25) is 0 Å². The van der Waals surface area contributed by atoms with E-state index < -0.39 is 0 Å². The molecule has 4 rings (SSSR count). The molecule has 1 fully saturated rings. The summed E-state index contributed by atoms with van der Waals surface area (Å²) in [7, 11) is 0. The molecule has 1 amide bonds. The second-order valence-corrected chi connectivity index (χ2v) is 4.93. The Labute approximate surface area is 105 Å². The van der Waals surface area contributed by atoms with Crippen molar-refractivity contribution in [2.24, 2.45) is 0 Å². The van der Waals surface area contributed by atoms with Crippen LogP contribution in [-0.4, -0.2) is 10.8 Å². The highest BCUT2D eigenvalue weighted by atomic mass is 16.3. The summed E-state index contributed by atoms with van der Waals surface area (Å²) >= 11 is 0. The van der Waals surface area contributed by atoms with E-state index in [1.807, 2.05) is 4.90 Å². The fraction of sp³-hybridized carbons (Fsp3) is 0.267. The second-order valence-electron chi connectivity index (χ2n) is 4.93. The van der Waals surface area contributed by atoms with Crippen LogP contribution in [0.25, 0.3) is 0 Å². The largest absolute Gasteiger partial charge is 0.459 e. The van der Waals surface area contributed by atoms with E-state index in [4.69, 9.17) is 4.42 Å². The quantitative estimate of drug-likeness (QED) is 0.765. The predicted molar refractivity (Wildman–Crippen MR) is 66.0 cm³/mol. The molecule has 1 aromatic carbocycles. The lowest BCUT2D eigenvalue weighted by Gasteiger charge is -2.21. The lowest BCUT2D eigenvalue weighted by Crippen LogP contribution is -2.27. The van der Waals surface area contributed by atoms with Gasteiger partial charge in [0.1, 0.15) is 0 Å². The van der Waals surface area contributed by atoms with Crippen LogP contribution in [0.4, 0.5) is 0 Å². The summed E-state index contributed by atoms with van der Waals surface area (Å²) in [5, 5.41) is 0. The summed E-state index contributed by atoms with van der Waals surface area (Å²) in [6.07, 6.45) is 3.68. The Bertz CT molecular complexity index is 572. The fourth-order valence-corrected chi connectivity index (χ4v) is 3.35. The third-order valence-corrected chi connectivity index (χ3v) is 4.07. The van der Waals surface area contributed by atoms with Gasteiger partial charge in [-0.15, -0.1) is 0 Å². The van der Waals surface area contributed by atoms with Gasteiger partial charge in [-0.25, -0.2) is 0 Å². The van der Waals surface area contributed by atoms with Gasteiger partial charge in [0.15, 0.2) is 5.76 Å². The number of carbonyl (C=O) groups excluding carboxylic acids is 1. The Morgan fingerprint density at radius 3 is 2.28 bits per heavy atom. The van der Waals surface area contributed by atoms with Crippen LogP contribution in [0.3, 0.4) is 0 Å². The fourth-order valence-electron chi connectivity index (χ4n) is 3.35. The van der Waals surface area contributed by atoms with Gasteiger partial charge in [0.05, 0.1) is 18.3 Å². The maximum Gasteiger partial charge on any atom is 0.290 e. The number of benzene rings is 1. The molecular formula is C15H13NO2. The first-order valence-electron chi connectivity index (χ1n) is 6.31. The SMILES string of the molecule is O=C(c1ccco1)N1C2CCC1c1ccccc12. The zero-order chi connectivity index (χ0) is 12.1. The second kappa shape index (κ2) is 3.48. The first kappa shape index (κ1) is 9.95. The Morgan fingerprint density at radius 1 is 1.06 bits per heavy atom. The van der Waals surface area contributed by atoms with Crippen molar-refractivity contribution in [3.63, 3.8) is 0 Å². The molecule has 2 aliphatic heterocycles. The van der Waals surface area contributed by atoms with E-state index in [1.54, 1.807) is 18.4 Å². The van der Waals surface area contributed by atoms with Gasteiger partial charge in [0, 0.05) is 0 Å². The van der Waals surface area contributed by atoms with E-state index in [0.717, 1.165) is 12.8 Å². The van der Waals surface area contributed by atoms with Gasteiger partial charge in [0.25, 0.3) is 5.91 Å². The highest BCUT2D eigenvalue weighted by molar-refractivity contribution is 5.93. The third-order valence-electron chi connectivity index (χ3n) is 4.07. The van der Waals surface area contributed by atoms with Gasteiger partial charge in [-0.2, -0.15) is 0 Å². The standard InChI is InChI=1S/C15H13NO2/c17-15(14-6-3-9-18-14)16-12-7-8-13(16)11-5-2-1-4-10(11)12/h1-6,9,12-13H,7-8H2. The van der Waals surface area contributed by atoms with Crippen molar-refractivity contribution in [1.82, 2.24) is 4.90 Å². The maximum atomic E-state index is 12.5. The summed E-state index contributed by atoms with van der Waals surface area (Å²) in [5.74, 6) is 0.461. The lowest BCUT2D eigenvalue weighted by atomic mass is 9.92. The molecule has 2 unspecified atom stereocenters. The zero-order valence-corrected chi connectivity index (χ0v) is 9.87. The van der Waals surface area contributed by atoms with Crippen LogP contribution in [0.15, 0.2) is 47.1 Å². The van der Waals surface area contributed by atoms with Crippen molar-refractivity contribution in [3.05, 3.63) is 59.5 Å². The molecule has 0 aliphatic carbocycles. The van der Waals surface area contributed by atoms with E-state index in [0.29, 0.717) is 5.76 Å². The molecule has 0 spiro atoms. The summed E-state index contributed by atoms with van der Waals surface area (Å²) in [6.45, 7) is 0. The number of amides is 1. The summed E-state index contributed by atoms with van der Waals surface area (Å²) in [6, 6.07) is 12.4. The number of rotatable bonds is 1. The van der Waals surface area contributed by atoms with Crippen molar-refractivity contribution in [2.45, 2.75) is 24.9 Å². The predicted octanol–water partition coefficient (Wildman–Crippen LogP) is 3.31. The van der Waals surface area contributed by atoms with Gasteiger partial charge in [-0.05, 0) is 36.1 Å². The first-order chi connectivity index (χ1) is 8.86. The monoisotopic (exact) mass is 239 g/mol. The number of hydrogen-bond donors (Lipinski definition) is 0. The Morgan fingerprint density at radius 2 is 1.72 bits per heavy atom. The Balaban J connectivity index is 1.76. The van der Waals surface area contributed by atoms with E-state index in [2.05, 4.69) is 24.3 Å². The first-order valence-corrected chi connectivity index (χ1v) is 6.31. The molecule has 1 saturated heterocycles. The van der Waals surface area contributed by atoms with E-state index in [9.17, 15) is 4.79 Å². The van der Waals surface area contributed by atoms with Crippen LogP contribution >= 0.6 is 0 Å². The molecule has 0 N–H and O–H groups in total. The van der Waals surface area contributed by atoms with Crippen molar-refractivity contribution in [1.29, 1.82) is 0 Å². The van der Waals surface area contributed by atoms with Crippen molar-refractivity contribution in [2.75, 3.05) is 0 Å². The molecule has 3 heteroatoms. The molecule has 2 aromatic rings. The molecule has 90 valence electrons. The molecular weight excluding hydrogens is 226 g/mol. The van der Waals surface area contributed by atoms with Crippen LogP contribution in [0, 0.1) is 0 Å². The number of fused-ring (bicyclic) bond motifs is 5. The van der Waals surface area contributed by atoms with E-state index >= 15 is 0 Å². The Kier molecular flexibility index (Phi) is 1.92. The number of carbonyl (C=O) groups is 1. The molecule has 3 heterocycles. The molecule has 0 radical (unpaired) electrons. The van der Waals surface area contributed by atoms with Gasteiger partial charge < -0.3 is 9.32 Å². The molecule has 2 aliphatic rings. The van der Waals surface area contributed by atoms with E-state index in [-0.39, 0.29) is 18.0 Å². The average Bonchev–Trinajstić information content (AvgIpc) is 3.13. The summed E-state index contributed by atoms with van der Waals surface area (Å²) < 4.78 is 5.24. The van der Waals surface area contributed by atoms with Crippen LogP contribution in [0.1, 0.15) is 46.6 Å². The summed E-state index contributed by atoms with van der Waals surface area (Å²) in [5.41, 5.74) is 2.63. The van der Waals surface area contributed by atoms with Gasteiger partial charge in [-0.1, -0.05) is 24.3 Å². The minimum Gasteiger partial charge on any atom is -0.459 e. The van der Waals surface area contributed by atoms with E-state index in [1.165, 1.54) is 11.1 Å². The molecule has 2 bridgehead atoms. The van der Waals surface area contributed by atoms with Gasteiger partial charge in [0.2, 0.25) is 0 Å². The minimum absolute atomic E-state index is 0.0173. The van der Waals surface area contributed by atoms with Crippen molar-refractivity contribution >= 4 is 5.91 Å². The smallest absolute Gasteiger partial charge is 0.290 e. The molecule has 18 heavy (non-hydrogen) atoms.